The average molecular weight is 653 g/mol. The minimum atomic E-state index is -4.94. The first-order chi connectivity index (χ1) is 22.3. The first kappa shape index (κ1) is 34.6. The number of para-hydroxylation sites is 2. The number of hydrogen-bond acceptors (Lipinski definition) is 5. The highest BCUT2D eigenvalue weighted by Crippen LogP contribution is 2.49. The highest BCUT2D eigenvalue weighted by atomic mass is 35.7. The molecule has 6 rings (SSSR count). The maximum absolute atomic E-state index is 8.49. The van der Waals surface area contributed by atoms with Crippen molar-refractivity contribution >= 4 is 22.7 Å². The quantitative estimate of drug-likeness (QED) is 0.343. The summed E-state index contributed by atoms with van der Waals surface area (Å²) in [5, 5.41) is 0. The highest BCUT2D eigenvalue weighted by molar-refractivity contribution is 6.04. The molecule has 3 aromatic carbocycles. The number of allylic oxidation sites excluding steroid dienone is 8. The van der Waals surface area contributed by atoms with Gasteiger partial charge in [-0.25, -0.2) is 18.6 Å². The number of fused-ring (bicyclic) bond motifs is 2. The van der Waals surface area contributed by atoms with Crippen molar-refractivity contribution in [3.63, 3.8) is 0 Å². The van der Waals surface area contributed by atoms with Gasteiger partial charge in [0.2, 0.25) is 5.69 Å². The monoisotopic (exact) mass is 652 g/mol. The Bertz CT molecular complexity index is 1780. The zero-order valence-electron chi connectivity index (χ0n) is 28.3. The first-order valence-electron chi connectivity index (χ1n) is 16.4. The molecule has 6 nitrogen and oxygen atoms in total. The molecule has 7 heteroatoms. The lowest BCUT2D eigenvalue weighted by molar-refractivity contribution is -2.00. The fourth-order valence-electron chi connectivity index (χ4n) is 7.67. The van der Waals surface area contributed by atoms with Gasteiger partial charge in [0.15, 0.2) is 5.71 Å². The molecule has 0 bridgehead atoms. The van der Waals surface area contributed by atoms with Crippen LogP contribution in [0.4, 0.5) is 11.4 Å². The van der Waals surface area contributed by atoms with Crippen molar-refractivity contribution in [3.8, 4) is 0 Å². The van der Waals surface area contributed by atoms with Gasteiger partial charge >= 0.3 is 0 Å². The molecule has 0 saturated carbocycles. The van der Waals surface area contributed by atoms with Gasteiger partial charge in [0, 0.05) is 41.6 Å². The lowest BCUT2D eigenvalue weighted by atomic mass is 9.76. The van der Waals surface area contributed by atoms with Crippen LogP contribution in [0.2, 0.25) is 0 Å². The second-order valence-electron chi connectivity index (χ2n) is 13.0. The van der Waals surface area contributed by atoms with Crippen molar-refractivity contribution in [1.82, 2.24) is 0 Å². The summed E-state index contributed by atoms with van der Waals surface area (Å²) in [4.78, 5) is 2.40. The van der Waals surface area contributed by atoms with Crippen LogP contribution in [0.5, 0.6) is 0 Å². The largest absolute Gasteiger partial charge is 0.347 e. The van der Waals surface area contributed by atoms with E-state index in [9.17, 15) is 0 Å². The number of rotatable bonds is 6. The molecule has 0 amide bonds. The number of anilines is 1. The number of halogens is 1. The van der Waals surface area contributed by atoms with Crippen molar-refractivity contribution in [2.75, 3.05) is 19.0 Å². The molecular formula is C40H45ClN2O4. The number of likely N-dealkylation sites (N-methyl/N-ethyl adjacent to an activating group) is 1. The topological polar surface area (TPSA) is 98.5 Å². The zero-order valence-corrected chi connectivity index (χ0v) is 29.0. The average Bonchev–Trinajstić information content (AvgIpc) is 3.42. The maximum Gasteiger partial charge on any atom is 0.209 e. The van der Waals surface area contributed by atoms with Crippen LogP contribution < -0.4 is 23.5 Å². The minimum absolute atomic E-state index is 0.0136. The van der Waals surface area contributed by atoms with Gasteiger partial charge in [0.1, 0.15) is 7.05 Å². The fourth-order valence-corrected chi connectivity index (χ4v) is 7.67. The molecule has 0 aromatic heterocycles. The summed E-state index contributed by atoms with van der Waals surface area (Å²) < 4.78 is 36.4. The Kier molecular flexibility index (Phi) is 10.1. The third kappa shape index (κ3) is 6.80. The molecule has 2 aliphatic heterocycles. The van der Waals surface area contributed by atoms with Gasteiger partial charge in [0.25, 0.3) is 0 Å². The molecule has 0 N–H and O–H groups in total. The normalized spacial score (nSPS) is 24.3. The third-order valence-electron chi connectivity index (χ3n) is 10.5. The van der Waals surface area contributed by atoms with E-state index in [0.717, 1.165) is 25.7 Å². The molecule has 0 saturated heterocycles. The number of benzene rings is 3. The van der Waals surface area contributed by atoms with E-state index in [2.05, 4.69) is 154 Å². The molecule has 2 heterocycles. The van der Waals surface area contributed by atoms with E-state index in [-0.39, 0.29) is 10.8 Å². The van der Waals surface area contributed by atoms with Crippen LogP contribution in [0.3, 0.4) is 0 Å². The second kappa shape index (κ2) is 13.8. The zero-order chi connectivity index (χ0) is 34.0. The Labute approximate surface area is 281 Å². The summed E-state index contributed by atoms with van der Waals surface area (Å²) >= 11 is 0. The van der Waals surface area contributed by atoms with Gasteiger partial charge in [-0.3, -0.25) is 0 Å². The van der Waals surface area contributed by atoms with Crippen LogP contribution >= 0.6 is 0 Å². The maximum atomic E-state index is 8.49. The Hall–Kier alpha value is -3.78. The Balaban J connectivity index is 0.000000807. The van der Waals surface area contributed by atoms with E-state index in [1.165, 1.54) is 62.6 Å². The van der Waals surface area contributed by atoms with Gasteiger partial charge in [-0.05, 0) is 85.9 Å². The smallest absolute Gasteiger partial charge is 0.209 e. The summed E-state index contributed by atoms with van der Waals surface area (Å²) in [6.45, 7) is 9.44. The van der Waals surface area contributed by atoms with Crippen LogP contribution in [-0.4, -0.2) is 24.4 Å². The molecule has 0 fully saturated rings. The van der Waals surface area contributed by atoms with Crippen molar-refractivity contribution in [2.45, 2.75) is 70.6 Å². The summed E-state index contributed by atoms with van der Waals surface area (Å²) in [6.07, 6.45) is 15.2. The van der Waals surface area contributed by atoms with Gasteiger partial charge in [-0.1, -0.05) is 92.7 Å². The number of hydrogen-bond donors (Lipinski definition) is 0. The lowest BCUT2D eigenvalue weighted by Crippen LogP contribution is -2.68. The van der Waals surface area contributed by atoms with Crippen molar-refractivity contribution < 1.29 is 33.5 Å². The number of nitrogens with zero attached hydrogens (tertiary/aromatic N) is 2. The van der Waals surface area contributed by atoms with Crippen molar-refractivity contribution in [1.29, 1.82) is 0 Å². The molecule has 0 radical (unpaired) electrons. The molecule has 2 unspecified atom stereocenters. The Morgan fingerprint density at radius 3 is 2.02 bits per heavy atom. The van der Waals surface area contributed by atoms with E-state index in [0.29, 0.717) is 0 Å². The van der Waals surface area contributed by atoms with Crippen LogP contribution in [0, 0.1) is 10.2 Å². The van der Waals surface area contributed by atoms with Gasteiger partial charge in [-0.15, -0.1) is 10.2 Å². The summed E-state index contributed by atoms with van der Waals surface area (Å²) in [6, 6.07) is 28.8. The molecule has 1 aliphatic carbocycles. The summed E-state index contributed by atoms with van der Waals surface area (Å²) in [7, 11) is -0.490. The summed E-state index contributed by atoms with van der Waals surface area (Å²) in [5.74, 6) is 0. The molecular weight excluding hydrogens is 608 g/mol. The standard InChI is InChI=1S/C40H45N2.ClHO4/c1-7-39(3)32-21-12-14-23-34(32)41(5)36(39)27-25-30-19-16-20-31(38(30)29-17-10-9-11-18-29)26-28-37-40(4,8-2)33-22-13-15-24-35(33)42(37)6;2-1(3,4)5/h9-15,17-18,21-28H,7-8,16,19-20H2,1-6H3;(H,2,3,4,5)/q+1;/p-1. The van der Waals surface area contributed by atoms with Gasteiger partial charge in [-0.2, -0.15) is 4.58 Å². The molecule has 3 aromatic rings. The van der Waals surface area contributed by atoms with Crippen LogP contribution in [0.1, 0.15) is 76.5 Å². The first-order valence-corrected chi connectivity index (χ1v) is 17.6. The highest BCUT2D eigenvalue weighted by Gasteiger charge is 2.45. The SMILES string of the molecule is CCC1(C)C(/C=C/C2=C(c3ccccc3)C(=C/C=C3/N(C)c4ccccc4C3(C)CC)/CCC2)=[N+](C)c2ccccc21.[O-][Cl+3]([O-])([O-])[O-]. The van der Waals surface area contributed by atoms with Crippen LogP contribution in [0.25, 0.3) is 5.57 Å². The van der Waals surface area contributed by atoms with Crippen LogP contribution in [0.15, 0.2) is 120 Å². The van der Waals surface area contributed by atoms with E-state index >= 15 is 0 Å². The predicted octanol–water partition coefficient (Wildman–Crippen LogP) is 5.15. The Morgan fingerprint density at radius 1 is 0.766 bits per heavy atom. The molecule has 3 aliphatic rings. The van der Waals surface area contributed by atoms with Crippen LogP contribution in [-0.2, 0) is 10.8 Å². The molecule has 0 spiro atoms. The second-order valence-corrected chi connectivity index (χ2v) is 13.7. The lowest BCUT2D eigenvalue weighted by Gasteiger charge is -2.28. The minimum Gasteiger partial charge on any atom is -0.347 e. The van der Waals surface area contributed by atoms with E-state index in [1.807, 2.05) is 0 Å². The van der Waals surface area contributed by atoms with Gasteiger partial charge < -0.3 is 4.90 Å². The van der Waals surface area contributed by atoms with E-state index in [4.69, 9.17) is 18.6 Å². The summed E-state index contributed by atoms with van der Waals surface area (Å²) in [5.41, 5.74) is 13.9. The predicted molar refractivity (Wildman–Crippen MR) is 180 cm³/mol. The van der Waals surface area contributed by atoms with E-state index in [1.54, 1.807) is 0 Å². The van der Waals surface area contributed by atoms with E-state index < -0.39 is 10.2 Å². The molecule has 2 atom stereocenters. The molecule has 47 heavy (non-hydrogen) atoms. The van der Waals surface area contributed by atoms with Crippen molar-refractivity contribution in [3.05, 3.63) is 137 Å². The Morgan fingerprint density at radius 2 is 1.36 bits per heavy atom. The molecule has 246 valence electrons. The van der Waals surface area contributed by atoms with Gasteiger partial charge in [0.05, 0.1) is 5.41 Å². The fraction of sp³-hybridized carbons (Fsp3) is 0.325. The van der Waals surface area contributed by atoms with Crippen molar-refractivity contribution in [2.24, 2.45) is 0 Å². The third-order valence-corrected chi connectivity index (χ3v) is 10.5.